The topological polar surface area (TPSA) is 74.2 Å². The first-order chi connectivity index (χ1) is 11.0. The summed E-state index contributed by atoms with van der Waals surface area (Å²) < 4.78 is 14.7. The molecule has 0 radical (unpaired) electrons. The Kier molecular flexibility index (Phi) is 6.28. The summed E-state index contributed by atoms with van der Waals surface area (Å²) in [7, 11) is 0. The van der Waals surface area contributed by atoms with Crippen LogP contribution in [0.3, 0.4) is 0 Å². The summed E-state index contributed by atoms with van der Waals surface area (Å²) in [6.07, 6.45) is 2.91. The molecule has 0 aliphatic heterocycles. The summed E-state index contributed by atoms with van der Waals surface area (Å²) in [5, 5.41) is 15.1. The van der Waals surface area contributed by atoms with Gasteiger partial charge in [-0.1, -0.05) is 6.92 Å². The predicted octanol–water partition coefficient (Wildman–Crippen LogP) is 3.07. The van der Waals surface area contributed by atoms with Gasteiger partial charge in [0.1, 0.15) is 5.82 Å². The van der Waals surface area contributed by atoms with Crippen LogP contribution < -0.4 is 10.6 Å². The number of nitrogens with one attached hydrogen (secondary N) is 2. The largest absolute Gasteiger partial charge is 0.391 e. The third-order valence-corrected chi connectivity index (χ3v) is 3.91. The molecule has 1 heterocycles. The number of anilines is 2. The van der Waals surface area contributed by atoms with E-state index in [1.54, 1.807) is 18.2 Å². The Morgan fingerprint density at radius 3 is 2.87 bits per heavy atom. The van der Waals surface area contributed by atoms with Crippen molar-refractivity contribution in [2.75, 3.05) is 11.9 Å². The van der Waals surface area contributed by atoms with Crippen molar-refractivity contribution in [1.82, 2.24) is 10.3 Å². The SMILES string of the molecule is CC[C@@H](O)CNC(=O)c1ccncc1Nc1ccc(I)cc1F. The fraction of sp³-hybridized carbons (Fsp3) is 0.250. The number of hydrogen-bond acceptors (Lipinski definition) is 4. The number of aromatic nitrogens is 1. The van der Waals surface area contributed by atoms with Gasteiger partial charge in [0.2, 0.25) is 0 Å². The van der Waals surface area contributed by atoms with Crippen LogP contribution in [0.5, 0.6) is 0 Å². The van der Waals surface area contributed by atoms with Crippen molar-refractivity contribution in [3.8, 4) is 0 Å². The molecular formula is C16H17FIN3O2. The third kappa shape index (κ3) is 4.87. The standard InChI is InChI=1S/C16H17FIN3O2/c1-2-11(22)8-20-16(23)12-5-6-19-9-15(12)21-14-4-3-10(18)7-13(14)17/h3-7,9,11,21-22H,2,8H2,1H3,(H,20,23)/t11-/m1/s1. The summed E-state index contributed by atoms with van der Waals surface area (Å²) in [5.41, 5.74) is 0.999. The quantitative estimate of drug-likeness (QED) is 0.618. The molecule has 1 aromatic carbocycles. The van der Waals surface area contributed by atoms with E-state index in [2.05, 4.69) is 15.6 Å². The van der Waals surface area contributed by atoms with Gasteiger partial charge >= 0.3 is 0 Å². The van der Waals surface area contributed by atoms with Crippen LogP contribution in [-0.2, 0) is 0 Å². The highest BCUT2D eigenvalue weighted by atomic mass is 127. The fourth-order valence-electron chi connectivity index (χ4n) is 1.88. The first kappa shape index (κ1) is 17.6. The van der Waals surface area contributed by atoms with Crippen molar-refractivity contribution in [2.45, 2.75) is 19.4 Å². The van der Waals surface area contributed by atoms with Gasteiger partial charge in [-0.3, -0.25) is 9.78 Å². The molecule has 0 aliphatic rings. The van der Waals surface area contributed by atoms with E-state index in [0.29, 0.717) is 17.7 Å². The number of aliphatic hydroxyl groups is 1. The number of pyridine rings is 1. The molecule has 1 aromatic heterocycles. The zero-order chi connectivity index (χ0) is 16.8. The van der Waals surface area contributed by atoms with E-state index < -0.39 is 11.9 Å². The number of carbonyl (C=O) groups excluding carboxylic acids is 1. The number of carbonyl (C=O) groups is 1. The number of benzene rings is 1. The highest BCUT2D eigenvalue weighted by Gasteiger charge is 2.14. The zero-order valence-corrected chi connectivity index (χ0v) is 14.7. The maximum Gasteiger partial charge on any atom is 0.253 e. The normalized spacial score (nSPS) is 11.8. The van der Waals surface area contributed by atoms with E-state index in [0.717, 1.165) is 3.57 Å². The number of halogens is 2. The van der Waals surface area contributed by atoms with Gasteiger partial charge in [-0.05, 0) is 53.3 Å². The third-order valence-electron chi connectivity index (χ3n) is 3.24. The van der Waals surface area contributed by atoms with Crippen molar-refractivity contribution in [1.29, 1.82) is 0 Å². The summed E-state index contributed by atoms with van der Waals surface area (Å²) >= 11 is 2.02. The van der Waals surface area contributed by atoms with Crippen LogP contribution >= 0.6 is 22.6 Å². The maximum absolute atomic E-state index is 13.9. The second-order valence-electron chi connectivity index (χ2n) is 4.94. The molecule has 23 heavy (non-hydrogen) atoms. The smallest absolute Gasteiger partial charge is 0.253 e. The first-order valence-electron chi connectivity index (χ1n) is 7.13. The van der Waals surface area contributed by atoms with Crippen molar-refractivity contribution in [2.24, 2.45) is 0 Å². The van der Waals surface area contributed by atoms with Gasteiger partial charge < -0.3 is 15.7 Å². The number of amides is 1. The Labute approximate surface area is 147 Å². The van der Waals surface area contributed by atoms with E-state index in [-0.39, 0.29) is 18.1 Å². The molecule has 0 saturated carbocycles. The Bertz CT molecular complexity index is 697. The van der Waals surface area contributed by atoms with Crippen LogP contribution in [0.15, 0.2) is 36.7 Å². The molecule has 5 nitrogen and oxygen atoms in total. The summed E-state index contributed by atoms with van der Waals surface area (Å²) in [6, 6.07) is 6.31. The first-order valence-corrected chi connectivity index (χ1v) is 8.21. The number of nitrogens with zero attached hydrogens (tertiary/aromatic N) is 1. The molecular weight excluding hydrogens is 412 g/mol. The van der Waals surface area contributed by atoms with E-state index in [4.69, 9.17) is 0 Å². The van der Waals surface area contributed by atoms with Gasteiger partial charge in [-0.2, -0.15) is 0 Å². The van der Waals surface area contributed by atoms with Crippen LogP contribution in [0.1, 0.15) is 23.7 Å². The van der Waals surface area contributed by atoms with Gasteiger partial charge in [0, 0.05) is 16.3 Å². The molecule has 0 aliphatic carbocycles. The molecule has 0 saturated heterocycles. The van der Waals surface area contributed by atoms with Crippen molar-refractivity contribution < 1.29 is 14.3 Å². The molecule has 2 aromatic rings. The van der Waals surface area contributed by atoms with E-state index in [9.17, 15) is 14.3 Å². The fourth-order valence-corrected chi connectivity index (χ4v) is 2.33. The lowest BCUT2D eigenvalue weighted by molar-refractivity contribution is 0.0914. The second kappa shape index (κ2) is 8.21. The predicted molar refractivity (Wildman–Crippen MR) is 95.3 cm³/mol. The summed E-state index contributed by atoms with van der Waals surface area (Å²) in [6.45, 7) is 1.99. The highest BCUT2D eigenvalue weighted by Crippen LogP contribution is 2.23. The highest BCUT2D eigenvalue weighted by molar-refractivity contribution is 14.1. The van der Waals surface area contributed by atoms with Crippen molar-refractivity contribution >= 4 is 39.9 Å². The van der Waals surface area contributed by atoms with Crippen LogP contribution in [0.4, 0.5) is 15.8 Å². The van der Waals surface area contributed by atoms with Crippen LogP contribution in [0.25, 0.3) is 0 Å². The van der Waals surface area contributed by atoms with Crippen LogP contribution in [0.2, 0.25) is 0 Å². The lowest BCUT2D eigenvalue weighted by Gasteiger charge is -2.14. The summed E-state index contributed by atoms with van der Waals surface area (Å²) in [5.74, 6) is -0.762. The maximum atomic E-state index is 13.9. The monoisotopic (exact) mass is 429 g/mol. The number of hydrogen-bond donors (Lipinski definition) is 3. The zero-order valence-electron chi connectivity index (χ0n) is 12.5. The Morgan fingerprint density at radius 1 is 1.39 bits per heavy atom. The average molecular weight is 429 g/mol. The van der Waals surface area contributed by atoms with Gasteiger partial charge in [-0.25, -0.2) is 4.39 Å². The van der Waals surface area contributed by atoms with Gasteiger partial charge in [0.15, 0.2) is 0 Å². The van der Waals surface area contributed by atoms with Gasteiger partial charge in [0.25, 0.3) is 5.91 Å². The number of rotatable bonds is 6. The molecule has 3 N–H and O–H groups in total. The summed E-state index contributed by atoms with van der Waals surface area (Å²) in [4.78, 5) is 16.2. The molecule has 0 bridgehead atoms. The van der Waals surface area contributed by atoms with Crippen LogP contribution in [0, 0.1) is 9.39 Å². The lowest BCUT2D eigenvalue weighted by Crippen LogP contribution is -2.32. The van der Waals surface area contributed by atoms with Gasteiger partial charge in [-0.15, -0.1) is 0 Å². The average Bonchev–Trinajstić information content (AvgIpc) is 2.55. The van der Waals surface area contributed by atoms with Crippen LogP contribution in [-0.4, -0.2) is 28.6 Å². The molecule has 122 valence electrons. The van der Waals surface area contributed by atoms with Gasteiger partial charge in [0.05, 0.1) is 29.2 Å². The van der Waals surface area contributed by atoms with E-state index >= 15 is 0 Å². The molecule has 2 rings (SSSR count). The molecule has 7 heteroatoms. The number of aliphatic hydroxyl groups excluding tert-OH is 1. The second-order valence-corrected chi connectivity index (χ2v) is 6.19. The van der Waals surface area contributed by atoms with E-state index in [1.807, 2.05) is 29.5 Å². The Balaban J connectivity index is 2.18. The minimum atomic E-state index is -0.592. The minimum absolute atomic E-state index is 0.162. The van der Waals surface area contributed by atoms with Crippen molar-refractivity contribution in [3.63, 3.8) is 0 Å². The molecule has 0 fully saturated rings. The molecule has 0 spiro atoms. The molecule has 1 amide bonds. The minimum Gasteiger partial charge on any atom is -0.391 e. The Hall–Kier alpha value is -1.74. The lowest BCUT2D eigenvalue weighted by atomic mass is 10.2. The van der Waals surface area contributed by atoms with Crippen molar-refractivity contribution in [3.05, 3.63) is 51.6 Å². The van der Waals surface area contributed by atoms with E-state index in [1.165, 1.54) is 18.5 Å². The molecule has 0 unspecified atom stereocenters. The Morgan fingerprint density at radius 2 is 2.17 bits per heavy atom. The molecule has 1 atom stereocenters.